The zero-order valence-corrected chi connectivity index (χ0v) is 21.1. The van der Waals surface area contributed by atoms with E-state index in [4.69, 9.17) is 9.47 Å². The summed E-state index contributed by atoms with van der Waals surface area (Å²) in [6.07, 6.45) is 9.27. The van der Waals surface area contributed by atoms with Crippen molar-refractivity contribution in [1.29, 1.82) is 0 Å². The van der Waals surface area contributed by atoms with Crippen molar-refractivity contribution in [2.75, 3.05) is 26.3 Å². The van der Waals surface area contributed by atoms with Crippen LogP contribution in [-0.4, -0.2) is 82.3 Å². The van der Waals surface area contributed by atoms with Gasteiger partial charge >= 0.3 is 5.97 Å². The first-order valence-corrected chi connectivity index (χ1v) is 13.1. The fraction of sp³-hybridized carbons (Fsp3) is 0.741. The van der Waals surface area contributed by atoms with E-state index in [0.717, 1.165) is 32.1 Å². The van der Waals surface area contributed by atoms with Gasteiger partial charge in [-0.3, -0.25) is 14.4 Å². The molecule has 4 rings (SSSR count). The minimum absolute atomic E-state index is 0.0385. The predicted molar refractivity (Wildman–Crippen MR) is 130 cm³/mol. The summed E-state index contributed by atoms with van der Waals surface area (Å²) >= 11 is 0. The number of nitrogens with zero attached hydrogens (tertiary/aromatic N) is 2. The lowest BCUT2D eigenvalue weighted by Crippen LogP contribution is -2.58. The number of fused-ring (bicyclic) bond motifs is 1. The Hall–Kier alpha value is -2.19. The maximum Gasteiger partial charge on any atom is 0.313 e. The third-order valence-corrected chi connectivity index (χ3v) is 8.83. The van der Waals surface area contributed by atoms with E-state index in [-0.39, 0.29) is 43.5 Å². The number of ether oxygens (including phenoxy) is 2. The van der Waals surface area contributed by atoms with Crippen LogP contribution in [0, 0.1) is 17.8 Å². The van der Waals surface area contributed by atoms with Crippen LogP contribution in [0.25, 0.3) is 0 Å². The monoisotopic (exact) mass is 488 g/mol. The number of esters is 1. The Morgan fingerprint density at radius 1 is 1.26 bits per heavy atom. The second kappa shape index (κ2) is 10.1. The van der Waals surface area contributed by atoms with Gasteiger partial charge in [0.15, 0.2) is 0 Å². The fourth-order valence-corrected chi connectivity index (χ4v) is 7.20. The van der Waals surface area contributed by atoms with Crippen molar-refractivity contribution in [1.82, 2.24) is 9.80 Å². The lowest BCUT2D eigenvalue weighted by Gasteiger charge is -2.41. The second-order valence-electron chi connectivity index (χ2n) is 10.8. The molecule has 1 spiro atoms. The molecular weight excluding hydrogens is 448 g/mol. The van der Waals surface area contributed by atoms with E-state index in [2.05, 4.69) is 13.2 Å². The third kappa shape index (κ3) is 4.02. The highest BCUT2D eigenvalue weighted by Crippen LogP contribution is 2.65. The van der Waals surface area contributed by atoms with Crippen LogP contribution < -0.4 is 0 Å². The average molecular weight is 489 g/mol. The van der Waals surface area contributed by atoms with Crippen LogP contribution in [0.5, 0.6) is 0 Å². The summed E-state index contributed by atoms with van der Waals surface area (Å²) in [5.41, 5.74) is -1.99. The van der Waals surface area contributed by atoms with E-state index in [1.54, 1.807) is 11.0 Å². The number of rotatable bonds is 10. The van der Waals surface area contributed by atoms with Crippen molar-refractivity contribution in [3.05, 3.63) is 25.3 Å². The molecule has 0 aromatic rings. The normalized spacial score (nSPS) is 36.2. The highest BCUT2D eigenvalue weighted by atomic mass is 16.6. The van der Waals surface area contributed by atoms with E-state index in [1.165, 1.54) is 6.08 Å². The molecule has 4 fully saturated rings. The molecule has 1 N–H and O–H groups in total. The number of carbonyl (C=O) groups is 3. The highest BCUT2D eigenvalue weighted by Gasteiger charge is 2.80. The Bertz CT molecular complexity index is 870. The van der Waals surface area contributed by atoms with Crippen LogP contribution in [0.4, 0.5) is 0 Å². The van der Waals surface area contributed by atoms with E-state index in [9.17, 15) is 19.5 Å². The largest absolute Gasteiger partial charge is 0.461 e. The van der Waals surface area contributed by atoms with Crippen LogP contribution in [0.3, 0.4) is 0 Å². The topological polar surface area (TPSA) is 96.4 Å². The van der Waals surface area contributed by atoms with Gasteiger partial charge in [0.2, 0.25) is 11.8 Å². The zero-order valence-electron chi connectivity index (χ0n) is 21.1. The Morgan fingerprint density at radius 2 is 1.97 bits per heavy atom. The van der Waals surface area contributed by atoms with Crippen molar-refractivity contribution in [3.63, 3.8) is 0 Å². The first-order chi connectivity index (χ1) is 16.8. The second-order valence-corrected chi connectivity index (χ2v) is 10.8. The van der Waals surface area contributed by atoms with E-state index >= 15 is 0 Å². The molecule has 8 heteroatoms. The molecule has 3 saturated heterocycles. The SMILES string of the molecule is C=CCOC(=O)[C@H]1[C@H]2C(=O)N(CCCO)C(C(=O)N(CC=C)C3CCCCC3)C23CC(C)[C@]1(C)O3. The van der Waals surface area contributed by atoms with Crippen LogP contribution in [-0.2, 0) is 23.9 Å². The number of carbonyl (C=O) groups excluding carboxylic acids is 3. The van der Waals surface area contributed by atoms with Gasteiger partial charge in [0.25, 0.3) is 0 Å². The van der Waals surface area contributed by atoms with Gasteiger partial charge in [0, 0.05) is 25.7 Å². The maximum atomic E-state index is 14.4. The molecule has 194 valence electrons. The summed E-state index contributed by atoms with van der Waals surface area (Å²) in [7, 11) is 0. The summed E-state index contributed by atoms with van der Waals surface area (Å²) in [5, 5.41) is 9.53. The summed E-state index contributed by atoms with van der Waals surface area (Å²) in [6, 6.07) is -0.741. The van der Waals surface area contributed by atoms with Crippen LogP contribution in [0.15, 0.2) is 25.3 Å². The molecule has 0 aromatic heterocycles. The highest BCUT2D eigenvalue weighted by molar-refractivity contribution is 5.98. The number of aliphatic hydroxyl groups is 1. The number of aliphatic hydroxyl groups excluding tert-OH is 1. The van der Waals surface area contributed by atoms with Crippen LogP contribution in [0.1, 0.15) is 58.8 Å². The van der Waals surface area contributed by atoms with Crippen molar-refractivity contribution in [3.8, 4) is 0 Å². The molecular formula is C27H40N2O6. The minimum Gasteiger partial charge on any atom is -0.461 e. The third-order valence-electron chi connectivity index (χ3n) is 8.83. The quantitative estimate of drug-likeness (QED) is 0.375. The Kier molecular flexibility index (Phi) is 7.44. The average Bonchev–Trinajstić information content (AvgIpc) is 3.36. The van der Waals surface area contributed by atoms with Gasteiger partial charge in [-0.05, 0) is 38.5 Å². The molecule has 4 aliphatic rings. The van der Waals surface area contributed by atoms with Crippen molar-refractivity contribution in [2.45, 2.75) is 82.1 Å². The maximum absolute atomic E-state index is 14.4. The molecule has 6 atom stereocenters. The van der Waals surface area contributed by atoms with Crippen molar-refractivity contribution in [2.24, 2.45) is 17.8 Å². The van der Waals surface area contributed by atoms with E-state index < -0.39 is 35.0 Å². The van der Waals surface area contributed by atoms with Gasteiger partial charge in [0.1, 0.15) is 24.2 Å². The molecule has 2 amide bonds. The van der Waals surface area contributed by atoms with Crippen molar-refractivity contribution >= 4 is 17.8 Å². The standard InChI is InChI=1S/C27H40N2O6/c1-5-13-28(19-11-8-7-9-12-19)24(32)22-27-17-18(3)26(4,35-27)21(25(33)34-16-6-2)20(27)23(31)29(22)14-10-15-30/h5-6,18-22,30H,1-2,7-17H2,3-4H3/t18?,20-,21+,22?,26-,27?/m0/s1. The first kappa shape index (κ1) is 25.9. The van der Waals surface area contributed by atoms with Gasteiger partial charge in [-0.1, -0.05) is 44.9 Å². The smallest absolute Gasteiger partial charge is 0.313 e. The molecule has 1 aliphatic carbocycles. The van der Waals surface area contributed by atoms with Crippen LogP contribution >= 0.6 is 0 Å². The lowest BCUT2D eigenvalue weighted by molar-refractivity contribution is -0.161. The molecule has 0 aromatic carbocycles. The zero-order chi connectivity index (χ0) is 25.4. The molecule has 3 unspecified atom stereocenters. The minimum atomic E-state index is -1.09. The Labute approximate surface area is 208 Å². The van der Waals surface area contributed by atoms with Gasteiger partial charge < -0.3 is 24.4 Å². The number of amides is 2. The Balaban J connectivity index is 1.76. The van der Waals surface area contributed by atoms with Gasteiger partial charge in [0.05, 0.1) is 11.5 Å². The molecule has 0 radical (unpaired) electrons. The number of hydrogen-bond acceptors (Lipinski definition) is 6. The van der Waals surface area contributed by atoms with Crippen molar-refractivity contribution < 1.29 is 29.0 Å². The number of likely N-dealkylation sites (tertiary alicyclic amines) is 1. The molecule has 1 saturated carbocycles. The fourth-order valence-electron chi connectivity index (χ4n) is 7.20. The van der Waals surface area contributed by atoms with Gasteiger partial charge in [-0.15, -0.1) is 6.58 Å². The summed E-state index contributed by atoms with van der Waals surface area (Å²) < 4.78 is 12.1. The van der Waals surface area contributed by atoms with E-state index in [1.807, 2.05) is 18.7 Å². The Morgan fingerprint density at radius 3 is 2.60 bits per heavy atom. The van der Waals surface area contributed by atoms with Gasteiger partial charge in [-0.25, -0.2) is 0 Å². The van der Waals surface area contributed by atoms with E-state index in [0.29, 0.717) is 19.4 Å². The number of hydrogen-bond donors (Lipinski definition) is 1. The predicted octanol–water partition coefficient (Wildman–Crippen LogP) is 2.46. The molecule has 3 aliphatic heterocycles. The molecule has 3 heterocycles. The molecule has 35 heavy (non-hydrogen) atoms. The first-order valence-electron chi connectivity index (χ1n) is 13.1. The summed E-state index contributed by atoms with van der Waals surface area (Å²) in [5.74, 6) is -2.49. The summed E-state index contributed by atoms with van der Waals surface area (Å²) in [4.78, 5) is 45.0. The van der Waals surface area contributed by atoms with Gasteiger partial charge in [-0.2, -0.15) is 0 Å². The molecule has 2 bridgehead atoms. The molecule has 8 nitrogen and oxygen atoms in total. The summed E-state index contributed by atoms with van der Waals surface area (Å²) in [6.45, 7) is 12.0. The lowest BCUT2D eigenvalue weighted by atomic mass is 9.62. The van der Waals surface area contributed by atoms with Crippen LogP contribution in [0.2, 0.25) is 0 Å².